The first-order valence-electron chi connectivity index (χ1n) is 8.45. The Bertz CT molecular complexity index is 624. The van der Waals surface area contributed by atoms with Gasteiger partial charge in [0.25, 0.3) is 0 Å². The van der Waals surface area contributed by atoms with Crippen molar-refractivity contribution in [3.05, 3.63) is 24.3 Å². The van der Waals surface area contributed by atoms with Gasteiger partial charge in [-0.3, -0.25) is 14.4 Å². The van der Waals surface area contributed by atoms with Crippen LogP contribution in [0.25, 0.3) is 0 Å². The average molecular weight is 331 g/mol. The molecule has 1 aromatic rings. The summed E-state index contributed by atoms with van der Waals surface area (Å²) in [6.07, 6.45) is 4.23. The zero-order valence-electron chi connectivity index (χ0n) is 14.3. The third-order valence-corrected chi connectivity index (χ3v) is 4.13. The first-order valence-corrected chi connectivity index (χ1v) is 8.45. The fraction of sp³-hybridized carbons (Fsp3) is 0.500. The molecule has 6 heteroatoms. The van der Waals surface area contributed by atoms with E-state index in [4.69, 9.17) is 0 Å². The molecule has 3 amide bonds. The van der Waals surface area contributed by atoms with E-state index in [1.54, 1.807) is 24.3 Å². The van der Waals surface area contributed by atoms with Gasteiger partial charge in [0, 0.05) is 24.8 Å². The normalized spacial score (nSPS) is 14.6. The number of carbonyl (C=O) groups excluding carboxylic acids is 3. The van der Waals surface area contributed by atoms with E-state index in [0.29, 0.717) is 30.8 Å². The van der Waals surface area contributed by atoms with E-state index in [0.717, 1.165) is 19.3 Å². The third-order valence-electron chi connectivity index (χ3n) is 4.13. The topological polar surface area (TPSA) is 87.3 Å². The number of hydrogen-bond acceptors (Lipinski definition) is 3. The van der Waals surface area contributed by atoms with Crippen molar-refractivity contribution < 1.29 is 14.4 Å². The van der Waals surface area contributed by atoms with Gasteiger partial charge in [-0.25, -0.2) is 0 Å². The van der Waals surface area contributed by atoms with Crippen molar-refractivity contribution in [3.8, 4) is 0 Å². The Hall–Kier alpha value is -2.37. The molecule has 0 bridgehead atoms. The molecule has 0 spiro atoms. The molecule has 130 valence electrons. The zero-order chi connectivity index (χ0) is 17.6. The first-order chi connectivity index (χ1) is 11.5. The van der Waals surface area contributed by atoms with Crippen molar-refractivity contribution in [3.63, 3.8) is 0 Å². The minimum absolute atomic E-state index is 0.177. The molecular formula is C18H25N3O3. The van der Waals surface area contributed by atoms with Crippen molar-refractivity contribution in [1.82, 2.24) is 5.32 Å². The van der Waals surface area contributed by atoms with E-state index in [1.165, 1.54) is 6.92 Å². The average Bonchev–Trinajstić information content (AvgIpc) is 3.33. The number of carbonyl (C=O) groups is 3. The van der Waals surface area contributed by atoms with Gasteiger partial charge < -0.3 is 16.0 Å². The van der Waals surface area contributed by atoms with E-state index in [9.17, 15) is 14.4 Å². The number of nitrogens with one attached hydrogen (secondary N) is 3. The van der Waals surface area contributed by atoms with Crippen molar-refractivity contribution in [2.24, 2.45) is 5.41 Å². The molecule has 1 aliphatic rings. The van der Waals surface area contributed by atoms with Gasteiger partial charge >= 0.3 is 0 Å². The third kappa shape index (κ3) is 4.57. The van der Waals surface area contributed by atoms with Crippen LogP contribution >= 0.6 is 0 Å². The monoisotopic (exact) mass is 331 g/mol. The lowest BCUT2D eigenvalue weighted by Gasteiger charge is -2.16. The summed E-state index contributed by atoms with van der Waals surface area (Å²) in [5, 5.41) is 8.32. The summed E-state index contributed by atoms with van der Waals surface area (Å²) in [6, 6.07) is 6.89. The Morgan fingerprint density at radius 1 is 1.04 bits per heavy atom. The fourth-order valence-electron chi connectivity index (χ4n) is 2.56. The molecule has 0 radical (unpaired) electrons. The van der Waals surface area contributed by atoms with Crippen LogP contribution in [-0.2, 0) is 14.4 Å². The van der Waals surface area contributed by atoms with E-state index < -0.39 is 5.41 Å². The number of anilines is 2. The quantitative estimate of drug-likeness (QED) is 0.505. The van der Waals surface area contributed by atoms with Crippen LogP contribution in [0.2, 0.25) is 0 Å². The molecule has 1 saturated carbocycles. The molecule has 1 aliphatic carbocycles. The van der Waals surface area contributed by atoms with Gasteiger partial charge in [0.1, 0.15) is 5.41 Å². The lowest BCUT2D eigenvalue weighted by Crippen LogP contribution is -2.40. The van der Waals surface area contributed by atoms with E-state index in [-0.39, 0.29) is 17.7 Å². The van der Waals surface area contributed by atoms with Gasteiger partial charge in [0.15, 0.2) is 0 Å². The molecule has 0 saturated heterocycles. The molecule has 1 aromatic carbocycles. The van der Waals surface area contributed by atoms with E-state index in [1.807, 2.05) is 0 Å². The van der Waals surface area contributed by atoms with Crippen LogP contribution in [0, 0.1) is 5.41 Å². The van der Waals surface area contributed by atoms with Gasteiger partial charge in [-0.15, -0.1) is 0 Å². The maximum absolute atomic E-state index is 12.5. The van der Waals surface area contributed by atoms with Crippen molar-refractivity contribution in [2.75, 3.05) is 17.2 Å². The van der Waals surface area contributed by atoms with Crippen molar-refractivity contribution >= 4 is 29.1 Å². The Morgan fingerprint density at radius 2 is 1.71 bits per heavy atom. The second kappa shape index (κ2) is 7.95. The summed E-state index contributed by atoms with van der Waals surface area (Å²) in [7, 11) is 0. The molecule has 0 aromatic heterocycles. The van der Waals surface area contributed by atoms with E-state index >= 15 is 0 Å². The SMILES string of the molecule is CCCCCNC(=O)C1(C(=O)Nc2cccc(NC(C)=O)c2)CC1. The standard InChI is InChI=1S/C18H25N3O3/c1-3-4-5-11-19-16(23)18(9-10-18)17(24)21-15-8-6-7-14(12-15)20-13(2)22/h6-8,12H,3-5,9-11H2,1-2H3,(H,19,23)(H,20,22)(H,21,24). The molecule has 6 nitrogen and oxygen atoms in total. The van der Waals surface area contributed by atoms with Crippen LogP contribution in [0.3, 0.4) is 0 Å². The van der Waals surface area contributed by atoms with Crippen molar-refractivity contribution in [1.29, 1.82) is 0 Å². The Morgan fingerprint density at radius 3 is 2.29 bits per heavy atom. The predicted molar refractivity (Wildman–Crippen MR) is 93.6 cm³/mol. The van der Waals surface area contributed by atoms with Crippen LogP contribution < -0.4 is 16.0 Å². The summed E-state index contributed by atoms with van der Waals surface area (Å²) in [6.45, 7) is 4.14. The van der Waals surface area contributed by atoms with Gasteiger partial charge in [-0.1, -0.05) is 25.8 Å². The predicted octanol–water partition coefficient (Wildman–Crippen LogP) is 2.67. The van der Waals surface area contributed by atoms with E-state index in [2.05, 4.69) is 22.9 Å². The highest BCUT2D eigenvalue weighted by atomic mass is 16.2. The molecule has 3 N–H and O–H groups in total. The number of amides is 3. The Labute approximate surface area is 142 Å². The summed E-state index contributed by atoms with van der Waals surface area (Å²) in [5.41, 5.74) is 0.237. The number of unbranched alkanes of at least 4 members (excludes halogenated alkanes) is 2. The Kier molecular flexibility index (Phi) is 5.95. The fourth-order valence-corrected chi connectivity index (χ4v) is 2.56. The van der Waals surface area contributed by atoms with Gasteiger partial charge in [0.2, 0.25) is 17.7 Å². The smallest absolute Gasteiger partial charge is 0.240 e. The summed E-state index contributed by atoms with van der Waals surface area (Å²) < 4.78 is 0. The van der Waals surface area contributed by atoms with Crippen LogP contribution in [-0.4, -0.2) is 24.3 Å². The molecule has 0 unspecified atom stereocenters. The van der Waals surface area contributed by atoms with Gasteiger partial charge in [-0.2, -0.15) is 0 Å². The second-order valence-electron chi connectivity index (χ2n) is 6.26. The molecular weight excluding hydrogens is 306 g/mol. The minimum atomic E-state index is -0.934. The molecule has 0 atom stereocenters. The molecule has 1 fully saturated rings. The maximum atomic E-state index is 12.5. The van der Waals surface area contributed by atoms with Crippen LogP contribution in [0.15, 0.2) is 24.3 Å². The van der Waals surface area contributed by atoms with Crippen molar-refractivity contribution in [2.45, 2.75) is 46.0 Å². The summed E-state index contributed by atoms with van der Waals surface area (Å²) >= 11 is 0. The van der Waals surface area contributed by atoms with Gasteiger partial charge in [-0.05, 0) is 37.5 Å². The highest BCUT2D eigenvalue weighted by Gasteiger charge is 2.56. The first kappa shape index (κ1) is 18.0. The Balaban J connectivity index is 1.94. The second-order valence-corrected chi connectivity index (χ2v) is 6.26. The number of hydrogen-bond donors (Lipinski definition) is 3. The largest absolute Gasteiger partial charge is 0.355 e. The van der Waals surface area contributed by atoms with Crippen LogP contribution in [0.1, 0.15) is 46.0 Å². The number of benzene rings is 1. The van der Waals surface area contributed by atoms with Gasteiger partial charge in [0.05, 0.1) is 0 Å². The molecule has 2 rings (SSSR count). The highest BCUT2D eigenvalue weighted by Crippen LogP contribution is 2.46. The molecule has 24 heavy (non-hydrogen) atoms. The lowest BCUT2D eigenvalue weighted by atomic mass is 10.0. The molecule has 0 heterocycles. The highest BCUT2D eigenvalue weighted by molar-refractivity contribution is 6.13. The van der Waals surface area contributed by atoms with Crippen LogP contribution in [0.5, 0.6) is 0 Å². The van der Waals surface area contributed by atoms with Crippen LogP contribution in [0.4, 0.5) is 11.4 Å². The zero-order valence-corrected chi connectivity index (χ0v) is 14.3. The summed E-state index contributed by atoms with van der Waals surface area (Å²) in [5.74, 6) is -0.645. The molecule has 0 aliphatic heterocycles. The lowest BCUT2D eigenvalue weighted by molar-refractivity contribution is -0.134. The summed E-state index contributed by atoms with van der Waals surface area (Å²) in [4.78, 5) is 35.9. The number of rotatable bonds is 8. The maximum Gasteiger partial charge on any atom is 0.240 e. The minimum Gasteiger partial charge on any atom is -0.355 e.